The molecule has 4 aromatic rings. The molecule has 0 fully saturated rings. The first-order chi connectivity index (χ1) is 11.8. The van der Waals surface area contributed by atoms with Crippen LogP contribution in [0.4, 0.5) is 0 Å². The van der Waals surface area contributed by atoms with E-state index in [1.54, 1.807) is 15.4 Å². The highest BCUT2D eigenvalue weighted by atomic mass is 16.1. The summed E-state index contributed by atoms with van der Waals surface area (Å²) in [5.41, 5.74) is 2.21. The van der Waals surface area contributed by atoms with Crippen molar-refractivity contribution in [3.63, 3.8) is 0 Å². The lowest BCUT2D eigenvalue weighted by Crippen LogP contribution is -2.23. The number of aromatic nitrogens is 4. The predicted molar refractivity (Wildman–Crippen MR) is 93.8 cm³/mol. The average Bonchev–Trinajstić information content (AvgIpc) is 3.07. The van der Waals surface area contributed by atoms with E-state index in [2.05, 4.69) is 5.10 Å². The Kier molecular flexibility index (Phi) is 3.46. The molecule has 0 aliphatic rings. The fourth-order valence-corrected chi connectivity index (χ4v) is 2.85. The second-order valence-corrected chi connectivity index (χ2v) is 5.49. The SMILES string of the molecule is CCc1nc2c(cnn2-c2ccccc2)c(=O)n1-c1ccccc1. The van der Waals surface area contributed by atoms with Gasteiger partial charge in [0.15, 0.2) is 5.65 Å². The molecule has 2 heterocycles. The number of hydrogen-bond donors (Lipinski definition) is 0. The van der Waals surface area contributed by atoms with Gasteiger partial charge >= 0.3 is 0 Å². The Morgan fingerprint density at radius 2 is 1.54 bits per heavy atom. The van der Waals surface area contributed by atoms with Crippen molar-refractivity contribution >= 4 is 11.0 Å². The van der Waals surface area contributed by atoms with Gasteiger partial charge in [-0.25, -0.2) is 9.67 Å². The maximum absolute atomic E-state index is 13.0. The highest BCUT2D eigenvalue weighted by molar-refractivity contribution is 5.75. The van der Waals surface area contributed by atoms with Crippen LogP contribution in [0.5, 0.6) is 0 Å². The van der Waals surface area contributed by atoms with Crippen LogP contribution >= 0.6 is 0 Å². The van der Waals surface area contributed by atoms with E-state index in [1.165, 1.54) is 0 Å². The van der Waals surface area contributed by atoms with E-state index >= 15 is 0 Å². The van der Waals surface area contributed by atoms with Gasteiger partial charge < -0.3 is 0 Å². The molecule has 2 aromatic carbocycles. The maximum atomic E-state index is 13.0. The third kappa shape index (κ3) is 2.22. The van der Waals surface area contributed by atoms with Crippen LogP contribution in [0.1, 0.15) is 12.7 Å². The molecule has 0 amide bonds. The van der Waals surface area contributed by atoms with Gasteiger partial charge in [0.1, 0.15) is 11.2 Å². The minimum atomic E-state index is -0.0924. The lowest BCUT2D eigenvalue weighted by atomic mass is 10.2. The first kappa shape index (κ1) is 14.4. The van der Waals surface area contributed by atoms with Gasteiger partial charge in [-0.3, -0.25) is 9.36 Å². The quantitative estimate of drug-likeness (QED) is 0.583. The second-order valence-electron chi connectivity index (χ2n) is 5.49. The van der Waals surface area contributed by atoms with Gasteiger partial charge in [-0.2, -0.15) is 5.10 Å². The van der Waals surface area contributed by atoms with Crippen LogP contribution in [0.3, 0.4) is 0 Å². The van der Waals surface area contributed by atoms with Crippen molar-refractivity contribution in [2.24, 2.45) is 0 Å². The summed E-state index contributed by atoms with van der Waals surface area (Å²) in [6.45, 7) is 2.00. The van der Waals surface area contributed by atoms with Gasteiger partial charge in [0.25, 0.3) is 5.56 Å². The van der Waals surface area contributed by atoms with Crippen LogP contribution in [-0.4, -0.2) is 19.3 Å². The van der Waals surface area contributed by atoms with Crippen LogP contribution in [-0.2, 0) is 6.42 Å². The molecular weight excluding hydrogens is 300 g/mol. The van der Waals surface area contributed by atoms with Crippen LogP contribution in [0.15, 0.2) is 71.7 Å². The second kappa shape index (κ2) is 5.77. The van der Waals surface area contributed by atoms with E-state index in [0.29, 0.717) is 17.5 Å². The number of nitrogens with zero attached hydrogens (tertiary/aromatic N) is 4. The van der Waals surface area contributed by atoms with Crippen molar-refractivity contribution in [3.05, 3.63) is 83.0 Å². The van der Waals surface area contributed by atoms with Gasteiger partial charge in [0.05, 0.1) is 17.6 Å². The zero-order valence-corrected chi connectivity index (χ0v) is 13.3. The Hall–Kier alpha value is -3.21. The van der Waals surface area contributed by atoms with Crippen molar-refractivity contribution in [3.8, 4) is 11.4 Å². The highest BCUT2D eigenvalue weighted by Gasteiger charge is 2.16. The van der Waals surface area contributed by atoms with E-state index in [4.69, 9.17) is 4.98 Å². The first-order valence-corrected chi connectivity index (χ1v) is 7.90. The Balaban J connectivity index is 2.02. The van der Waals surface area contributed by atoms with Gasteiger partial charge in [0, 0.05) is 6.42 Å². The summed E-state index contributed by atoms with van der Waals surface area (Å²) in [5, 5.41) is 4.89. The van der Waals surface area contributed by atoms with Gasteiger partial charge in [-0.05, 0) is 24.3 Å². The molecule has 118 valence electrons. The monoisotopic (exact) mass is 316 g/mol. The lowest BCUT2D eigenvalue weighted by Gasteiger charge is -2.11. The molecule has 5 heteroatoms. The fourth-order valence-electron chi connectivity index (χ4n) is 2.85. The minimum Gasteiger partial charge on any atom is -0.268 e. The Morgan fingerprint density at radius 1 is 0.917 bits per heavy atom. The third-order valence-corrected chi connectivity index (χ3v) is 4.00. The van der Waals surface area contributed by atoms with Crippen molar-refractivity contribution in [2.75, 3.05) is 0 Å². The van der Waals surface area contributed by atoms with Crippen LogP contribution in [0, 0.1) is 0 Å². The first-order valence-electron chi connectivity index (χ1n) is 7.90. The summed E-state index contributed by atoms with van der Waals surface area (Å²) < 4.78 is 3.38. The molecule has 0 aliphatic carbocycles. The van der Waals surface area contributed by atoms with E-state index in [1.807, 2.05) is 67.6 Å². The molecule has 0 saturated carbocycles. The fraction of sp³-hybridized carbons (Fsp3) is 0.105. The van der Waals surface area contributed by atoms with E-state index in [-0.39, 0.29) is 5.56 Å². The summed E-state index contributed by atoms with van der Waals surface area (Å²) in [6.07, 6.45) is 2.25. The Morgan fingerprint density at radius 3 is 2.17 bits per heavy atom. The zero-order chi connectivity index (χ0) is 16.5. The van der Waals surface area contributed by atoms with Gasteiger partial charge in [0.2, 0.25) is 0 Å². The molecule has 5 nitrogen and oxygen atoms in total. The zero-order valence-electron chi connectivity index (χ0n) is 13.3. The largest absolute Gasteiger partial charge is 0.269 e. The van der Waals surface area contributed by atoms with Gasteiger partial charge in [-0.1, -0.05) is 43.3 Å². The normalized spacial score (nSPS) is 11.0. The van der Waals surface area contributed by atoms with E-state index < -0.39 is 0 Å². The smallest absolute Gasteiger partial charge is 0.268 e. The lowest BCUT2D eigenvalue weighted by molar-refractivity contribution is 0.817. The summed E-state index contributed by atoms with van der Waals surface area (Å²) >= 11 is 0. The summed E-state index contributed by atoms with van der Waals surface area (Å²) in [6, 6.07) is 19.3. The third-order valence-electron chi connectivity index (χ3n) is 4.00. The number of aryl methyl sites for hydroxylation is 1. The van der Waals surface area contributed by atoms with E-state index in [0.717, 1.165) is 17.2 Å². The molecule has 0 unspecified atom stereocenters. The number of hydrogen-bond acceptors (Lipinski definition) is 3. The van der Waals surface area contributed by atoms with Crippen molar-refractivity contribution in [1.29, 1.82) is 0 Å². The van der Waals surface area contributed by atoms with Crippen molar-refractivity contribution in [1.82, 2.24) is 19.3 Å². The standard InChI is InChI=1S/C19H16N4O/c1-2-17-21-18-16(13-20-23(18)15-11-7-4-8-12-15)19(24)22(17)14-9-5-3-6-10-14/h3-13H,2H2,1H3. The number of rotatable bonds is 3. The topological polar surface area (TPSA) is 52.7 Å². The van der Waals surface area contributed by atoms with Gasteiger partial charge in [-0.15, -0.1) is 0 Å². The molecule has 0 bridgehead atoms. The Bertz CT molecular complexity index is 1050. The molecule has 0 spiro atoms. The molecule has 0 radical (unpaired) electrons. The average molecular weight is 316 g/mol. The molecule has 0 aliphatic heterocycles. The van der Waals surface area contributed by atoms with Crippen molar-refractivity contribution in [2.45, 2.75) is 13.3 Å². The molecular formula is C19H16N4O. The van der Waals surface area contributed by atoms with Crippen LogP contribution < -0.4 is 5.56 Å². The van der Waals surface area contributed by atoms with Crippen LogP contribution in [0.2, 0.25) is 0 Å². The summed E-state index contributed by atoms with van der Waals surface area (Å²) in [7, 11) is 0. The number of para-hydroxylation sites is 2. The number of fused-ring (bicyclic) bond motifs is 1. The predicted octanol–water partition coefficient (Wildman–Crippen LogP) is 3.13. The van der Waals surface area contributed by atoms with Crippen LogP contribution in [0.25, 0.3) is 22.4 Å². The molecule has 0 N–H and O–H groups in total. The Labute approximate surface area is 138 Å². The molecule has 2 aromatic heterocycles. The number of benzene rings is 2. The summed E-state index contributed by atoms with van der Waals surface area (Å²) in [4.78, 5) is 17.8. The maximum Gasteiger partial charge on any atom is 0.269 e. The van der Waals surface area contributed by atoms with Crippen molar-refractivity contribution < 1.29 is 0 Å². The molecule has 4 rings (SSSR count). The molecule has 0 atom stereocenters. The minimum absolute atomic E-state index is 0.0924. The van der Waals surface area contributed by atoms with E-state index in [9.17, 15) is 4.79 Å². The highest BCUT2D eigenvalue weighted by Crippen LogP contribution is 2.16. The summed E-state index contributed by atoms with van der Waals surface area (Å²) in [5.74, 6) is 0.719. The molecule has 24 heavy (non-hydrogen) atoms. The molecule has 0 saturated heterocycles.